The molecule has 0 spiro atoms. The maximum atomic E-state index is 13.1. The van der Waals surface area contributed by atoms with Gasteiger partial charge in [0.15, 0.2) is 0 Å². The Kier molecular flexibility index (Phi) is 6.77. The molecule has 0 fully saturated rings. The third-order valence-electron chi connectivity index (χ3n) is 4.58. The normalized spacial score (nSPS) is 10.8. The number of anilines is 1. The minimum absolute atomic E-state index is 0.124. The molecule has 0 unspecified atom stereocenters. The molecule has 0 saturated heterocycles. The second-order valence-corrected chi connectivity index (χ2v) is 7.85. The first-order chi connectivity index (χ1) is 13.9. The lowest BCUT2D eigenvalue weighted by molar-refractivity contribution is -0.116. The number of halogens is 1. The first kappa shape index (κ1) is 21.1. The number of nitrogens with one attached hydrogen (secondary N) is 1. The Balaban J connectivity index is 1.99. The number of carbonyl (C=O) groups is 1. The highest BCUT2D eigenvalue weighted by atomic mass is 35.5. The van der Waals surface area contributed by atoms with E-state index in [1.807, 2.05) is 44.4 Å². The number of hydrogen-bond donors (Lipinski definition) is 1. The van der Waals surface area contributed by atoms with Crippen molar-refractivity contribution in [2.75, 3.05) is 11.6 Å². The van der Waals surface area contributed by atoms with Crippen LogP contribution in [0.5, 0.6) is 0 Å². The number of hydrogen-bond acceptors (Lipinski definition) is 4. The second-order valence-electron chi connectivity index (χ2n) is 6.53. The van der Waals surface area contributed by atoms with Crippen LogP contribution in [0.25, 0.3) is 11.4 Å². The van der Waals surface area contributed by atoms with Crippen molar-refractivity contribution in [2.24, 2.45) is 0 Å². The zero-order valence-electron chi connectivity index (χ0n) is 16.5. The number of rotatable bonds is 6. The molecule has 7 heteroatoms. The van der Waals surface area contributed by atoms with Crippen molar-refractivity contribution in [3.8, 4) is 11.4 Å². The van der Waals surface area contributed by atoms with Gasteiger partial charge in [-0.05, 0) is 62.1 Å². The van der Waals surface area contributed by atoms with Gasteiger partial charge in [0.05, 0.1) is 0 Å². The summed E-state index contributed by atoms with van der Waals surface area (Å²) in [6, 6.07) is 14.7. The first-order valence-electron chi connectivity index (χ1n) is 9.23. The van der Waals surface area contributed by atoms with Crippen LogP contribution in [0.15, 0.2) is 58.2 Å². The molecule has 1 N–H and O–H groups in total. The summed E-state index contributed by atoms with van der Waals surface area (Å²) < 4.78 is 1.43. The molecule has 29 heavy (non-hydrogen) atoms. The molecule has 0 saturated carbocycles. The monoisotopic (exact) mass is 427 g/mol. The molecule has 150 valence electrons. The SMILES string of the molecule is CCc1c(C)nc(-c2ccc(Cl)cc2)n(CC(=O)Nc2cccc(SC)c2)c1=O. The van der Waals surface area contributed by atoms with Crippen molar-refractivity contribution >= 4 is 35.0 Å². The smallest absolute Gasteiger partial charge is 0.257 e. The average molecular weight is 428 g/mol. The molecule has 0 aliphatic heterocycles. The van der Waals surface area contributed by atoms with Gasteiger partial charge in [0.1, 0.15) is 12.4 Å². The van der Waals surface area contributed by atoms with Crippen LogP contribution in [0.3, 0.4) is 0 Å². The highest BCUT2D eigenvalue weighted by molar-refractivity contribution is 7.98. The van der Waals surface area contributed by atoms with Gasteiger partial charge in [0.25, 0.3) is 5.56 Å². The summed E-state index contributed by atoms with van der Waals surface area (Å²) in [6.07, 6.45) is 2.53. The predicted molar refractivity (Wildman–Crippen MR) is 120 cm³/mol. The Labute approximate surface area is 179 Å². The van der Waals surface area contributed by atoms with Crippen LogP contribution in [0, 0.1) is 6.92 Å². The fourth-order valence-electron chi connectivity index (χ4n) is 3.12. The van der Waals surface area contributed by atoms with Gasteiger partial charge in [-0.1, -0.05) is 24.6 Å². The number of amides is 1. The van der Waals surface area contributed by atoms with Crippen LogP contribution in [-0.2, 0) is 17.8 Å². The summed E-state index contributed by atoms with van der Waals surface area (Å²) >= 11 is 7.59. The Bertz CT molecular complexity index is 1090. The summed E-state index contributed by atoms with van der Waals surface area (Å²) in [6.45, 7) is 3.60. The van der Waals surface area contributed by atoms with Gasteiger partial charge < -0.3 is 5.32 Å². The van der Waals surface area contributed by atoms with Crippen LogP contribution < -0.4 is 10.9 Å². The number of carbonyl (C=O) groups excluding carboxylic acids is 1. The van der Waals surface area contributed by atoms with Gasteiger partial charge in [0.2, 0.25) is 5.91 Å². The lowest BCUT2D eigenvalue weighted by Gasteiger charge is -2.16. The molecule has 5 nitrogen and oxygen atoms in total. The minimum atomic E-state index is -0.284. The van der Waals surface area contributed by atoms with Crippen molar-refractivity contribution in [1.29, 1.82) is 0 Å². The van der Waals surface area contributed by atoms with Crippen molar-refractivity contribution in [2.45, 2.75) is 31.7 Å². The molecule has 0 aliphatic rings. The van der Waals surface area contributed by atoms with Gasteiger partial charge >= 0.3 is 0 Å². The van der Waals surface area contributed by atoms with Crippen molar-refractivity contribution in [1.82, 2.24) is 9.55 Å². The summed E-state index contributed by atoms with van der Waals surface area (Å²) in [5.74, 6) is 0.169. The van der Waals surface area contributed by atoms with Gasteiger partial charge in [-0.25, -0.2) is 4.98 Å². The Morgan fingerprint density at radius 2 is 1.93 bits per heavy atom. The molecule has 1 aromatic heterocycles. The van der Waals surface area contributed by atoms with E-state index in [-0.39, 0.29) is 18.0 Å². The summed E-state index contributed by atoms with van der Waals surface area (Å²) in [5, 5.41) is 3.46. The molecule has 3 rings (SSSR count). The average Bonchev–Trinajstić information content (AvgIpc) is 2.71. The number of benzene rings is 2. The van der Waals surface area contributed by atoms with Crippen LogP contribution in [0.4, 0.5) is 5.69 Å². The topological polar surface area (TPSA) is 64.0 Å². The third kappa shape index (κ3) is 4.89. The molecular weight excluding hydrogens is 406 g/mol. The molecule has 2 aromatic carbocycles. The van der Waals surface area contributed by atoms with Gasteiger partial charge in [0, 0.05) is 32.4 Å². The summed E-state index contributed by atoms with van der Waals surface area (Å²) in [5.41, 5.74) is 2.51. The fraction of sp³-hybridized carbons (Fsp3) is 0.227. The van der Waals surface area contributed by atoms with E-state index in [0.29, 0.717) is 34.2 Å². The van der Waals surface area contributed by atoms with E-state index in [4.69, 9.17) is 11.6 Å². The molecule has 0 atom stereocenters. The van der Waals surface area contributed by atoms with Gasteiger partial charge in [-0.2, -0.15) is 0 Å². The molecule has 3 aromatic rings. The minimum Gasteiger partial charge on any atom is -0.324 e. The lowest BCUT2D eigenvalue weighted by atomic mass is 10.1. The van der Waals surface area contributed by atoms with E-state index in [0.717, 1.165) is 10.5 Å². The van der Waals surface area contributed by atoms with E-state index < -0.39 is 0 Å². The standard InChI is InChI=1S/C22H22ClN3O2S/c1-4-19-14(2)24-21(15-8-10-16(23)11-9-15)26(22(19)28)13-20(27)25-17-6-5-7-18(12-17)29-3/h5-12H,4,13H2,1-3H3,(H,25,27). The van der Waals surface area contributed by atoms with Crippen LogP contribution in [0.1, 0.15) is 18.2 Å². The summed E-state index contributed by atoms with van der Waals surface area (Å²) in [7, 11) is 0. The maximum absolute atomic E-state index is 13.1. The molecule has 1 heterocycles. The van der Waals surface area contributed by atoms with Crippen LogP contribution >= 0.6 is 23.4 Å². The molecule has 0 aliphatic carbocycles. The maximum Gasteiger partial charge on any atom is 0.257 e. The first-order valence-corrected chi connectivity index (χ1v) is 10.8. The predicted octanol–water partition coefficient (Wildman–Crippen LogP) is 4.80. The fourth-order valence-corrected chi connectivity index (χ4v) is 3.70. The zero-order chi connectivity index (χ0) is 21.0. The Hall–Kier alpha value is -2.57. The van der Waals surface area contributed by atoms with E-state index in [2.05, 4.69) is 10.3 Å². The highest BCUT2D eigenvalue weighted by Crippen LogP contribution is 2.21. The molecule has 1 amide bonds. The number of aromatic nitrogens is 2. The van der Waals surface area contributed by atoms with Crippen molar-refractivity contribution < 1.29 is 4.79 Å². The van der Waals surface area contributed by atoms with Crippen molar-refractivity contribution in [3.05, 3.63) is 75.2 Å². The van der Waals surface area contributed by atoms with Crippen LogP contribution in [-0.4, -0.2) is 21.7 Å². The number of nitrogens with zero attached hydrogens (tertiary/aromatic N) is 2. The van der Waals surface area contributed by atoms with E-state index in [1.54, 1.807) is 36.0 Å². The Morgan fingerprint density at radius 3 is 2.59 bits per heavy atom. The molecule has 0 radical (unpaired) electrons. The van der Waals surface area contributed by atoms with E-state index in [9.17, 15) is 9.59 Å². The van der Waals surface area contributed by atoms with E-state index in [1.165, 1.54) is 4.57 Å². The number of thioether (sulfide) groups is 1. The molecular formula is C22H22ClN3O2S. The molecule has 0 bridgehead atoms. The van der Waals surface area contributed by atoms with Gasteiger partial charge in [-0.3, -0.25) is 14.2 Å². The second kappa shape index (κ2) is 9.29. The van der Waals surface area contributed by atoms with Gasteiger partial charge in [-0.15, -0.1) is 11.8 Å². The number of aryl methyl sites for hydroxylation is 1. The zero-order valence-corrected chi connectivity index (χ0v) is 18.1. The third-order valence-corrected chi connectivity index (χ3v) is 5.56. The van der Waals surface area contributed by atoms with Crippen molar-refractivity contribution in [3.63, 3.8) is 0 Å². The van der Waals surface area contributed by atoms with E-state index >= 15 is 0 Å². The highest BCUT2D eigenvalue weighted by Gasteiger charge is 2.17. The Morgan fingerprint density at radius 1 is 1.21 bits per heavy atom. The largest absolute Gasteiger partial charge is 0.324 e. The summed E-state index contributed by atoms with van der Waals surface area (Å²) in [4.78, 5) is 31.5. The van der Waals surface area contributed by atoms with Crippen LogP contribution in [0.2, 0.25) is 5.02 Å². The lowest BCUT2D eigenvalue weighted by Crippen LogP contribution is -2.32. The quantitative estimate of drug-likeness (QED) is 0.574.